The highest BCUT2D eigenvalue weighted by molar-refractivity contribution is 5.59. The Balaban J connectivity index is 2.22. The van der Waals surface area contributed by atoms with Crippen molar-refractivity contribution in [3.8, 4) is 5.75 Å². The predicted octanol–water partition coefficient (Wildman–Crippen LogP) is 2.39. The van der Waals surface area contributed by atoms with Crippen LogP contribution in [0.25, 0.3) is 0 Å². The van der Waals surface area contributed by atoms with Crippen LogP contribution in [0, 0.1) is 0 Å². The second-order valence-electron chi connectivity index (χ2n) is 3.66. The van der Waals surface area contributed by atoms with Gasteiger partial charge in [-0.15, -0.1) is 0 Å². The summed E-state index contributed by atoms with van der Waals surface area (Å²) in [5.74, 6) is 0.831. The summed E-state index contributed by atoms with van der Waals surface area (Å²) in [5, 5.41) is 3.15. The number of nitrogens with one attached hydrogen (secondary N) is 1. The fraction of sp³-hybridized carbons (Fsp3) is 0.455. The van der Waals surface area contributed by atoms with Gasteiger partial charge in [0.25, 0.3) is 0 Å². The first-order valence-corrected chi connectivity index (χ1v) is 4.78. The van der Waals surface area contributed by atoms with E-state index >= 15 is 0 Å². The lowest BCUT2D eigenvalue weighted by molar-refractivity contribution is 0.322. The second kappa shape index (κ2) is 3.48. The van der Waals surface area contributed by atoms with Crippen molar-refractivity contribution in [1.29, 1.82) is 0 Å². The molecule has 3 heteroatoms. The molecule has 2 rings (SSSR count). The molecule has 0 saturated carbocycles. The molecule has 1 heterocycles. The molecule has 0 aliphatic carbocycles. The van der Waals surface area contributed by atoms with Gasteiger partial charge in [0.2, 0.25) is 0 Å². The average Bonchev–Trinajstić information content (AvgIpc) is 2.59. The zero-order valence-corrected chi connectivity index (χ0v) is 8.38. The van der Waals surface area contributed by atoms with Gasteiger partial charge < -0.3 is 10.1 Å². The van der Waals surface area contributed by atoms with E-state index in [0.717, 1.165) is 23.4 Å². The summed E-state index contributed by atoms with van der Waals surface area (Å²) in [6.45, 7) is 1.58. The highest BCUT2D eigenvalue weighted by Gasteiger charge is 2.25. The highest BCUT2D eigenvalue weighted by atomic mass is 19.1. The molecular weight excluding hydrogens is 181 g/mol. The number of hydrogen-bond acceptors (Lipinski definition) is 2. The summed E-state index contributed by atoms with van der Waals surface area (Å²) in [5.41, 5.74) is 2.17. The van der Waals surface area contributed by atoms with Crippen LogP contribution in [-0.2, 0) is 6.42 Å². The molecular formula is C11H14FNO. The van der Waals surface area contributed by atoms with Crippen molar-refractivity contribution < 1.29 is 9.13 Å². The van der Waals surface area contributed by atoms with Gasteiger partial charge in [0, 0.05) is 5.69 Å². The molecule has 0 bridgehead atoms. The van der Waals surface area contributed by atoms with Crippen LogP contribution in [0.5, 0.6) is 5.75 Å². The Kier molecular flexibility index (Phi) is 2.32. The number of rotatable bonds is 2. The minimum absolute atomic E-state index is 0.0860. The SMILES string of the molecule is COc1ccc2c(c1)CC(C(C)F)N2. The Morgan fingerprint density at radius 2 is 2.36 bits per heavy atom. The Morgan fingerprint density at radius 1 is 1.57 bits per heavy atom. The van der Waals surface area contributed by atoms with Crippen molar-refractivity contribution in [1.82, 2.24) is 0 Å². The van der Waals surface area contributed by atoms with Gasteiger partial charge in [-0.25, -0.2) is 4.39 Å². The maximum atomic E-state index is 13.1. The fourth-order valence-electron chi connectivity index (χ4n) is 1.77. The molecule has 1 aliphatic rings. The van der Waals surface area contributed by atoms with E-state index in [1.54, 1.807) is 14.0 Å². The maximum Gasteiger partial charge on any atom is 0.119 e. The zero-order chi connectivity index (χ0) is 10.1. The quantitative estimate of drug-likeness (QED) is 0.782. The third-order valence-electron chi connectivity index (χ3n) is 2.65. The van der Waals surface area contributed by atoms with Crippen molar-refractivity contribution in [2.24, 2.45) is 0 Å². The summed E-state index contributed by atoms with van der Waals surface area (Å²) in [6, 6.07) is 5.70. The number of alkyl halides is 1. The summed E-state index contributed by atoms with van der Waals surface area (Å²) in [4.78, 5) is 0. The zero-order valence-electron chi connectivity index (χ0n) is 8.38. The molecule has 1 aromatic carbocycles. The van der Waals surface area contributed by atoms with Crippen LogP contribution in [-0.4, -0.2) is 19.3 Å². The third-order valence-corrected chi connectivity index (χ3v) is 2.65. The molecule has 0 aromatic heterocycles. The van der Waals surface area contributed by atoms with Crippen molar-refractivity contribution in [2.45, 2.75) is 25.6 Å². The lowest BCUT2D eigenvalue weighted by Gasteiger charge is -2.11. The van der Waals surface area contributed by atoms with E-state index in [4.69, 9.17) is 4.74 Å². The van der Waals surface area contributed by atoms with Crippen molar-refractivity contribution >= 4 is 5.69 Å². The van der Waals surface area contributed by atoms with Gasteiger partial charge in [0.15, 0.2) is 0 Å². The standard InChI is InChI=1S/C11H14FNO/c1-7(12)11-6-8-5-9(14-2)3-4-10(8)13-11/h3-5,7,11,13H,6H2,1-2H3. The Morgan fingerprint density at radius 3 is 3.00 bits per heavy atom. The smallest absolute Gasteiger partial charge is 0.119 e. The van der Waals surface area contributed by atoms with Crippen molar-refractivity contribution in [2.75, 3.05) is 12.4 Å². The van der Waals surface area contributed by atoms with Gasteiger partial charge in [-0.1, -0.05) is 0 Å². The summed E-state index contributed by atoms with van der Waals surface area (Å²) in [7, 11) is 1.64. The number of halogens is 1. The van der Waals surface area contributed by atoms with E-state index < -0.39 is 6.17 Å². The molecule has 1 aliphatic heterocycles. The number of anilines is 1. The molecule has 76 valence electrons. The van der Waals surface area contributed by atoms with Gasteiger partial charge in [-0.05, 0) is 37.1 Å². The lowest BCUT2D eigenvalue weighted by Crippen LogP contribution is -2.25. The van der Waals surface area contributed by atoms with Crippen molar-refractivity contribution in [3.05, 3.63) is 23.8 Å². The normalized spacial score (nSPS) is 21.2. The molecule has 0 saturated heterocycles. The van der Waals surface area contributed by atoms with Crippen LogP contribution in [0.2, 0.25) is 0 Å². The van der Waals surface area contributed by atoms with Crippen LogP contribution in [0.15, 0.2) is 18.2 Å². The Bertz CT molecular complexity index is 338. The van der Waals surface area contributed by atoms with E-state index in [0.29, 0.717) is 0 Å². The van der Waals surface area contributed by atoms with Crippen molar-refractivity contribution in [3.63, 3.8) is 0 Å². The topological polar surface area (TPSA) is 21.3 Å². The number of methoxy groups -OCH3 is 1. The first kappa shape index (κ1) is 9.31. The predicted molar refractivity (Wildman–Crippen MR) is 54.7 cm³/mol. The maximum absolute atomic E-state index is 13.1. The van der Waals surface area contributed by atoms with Crippen LogP contribution in [0.1, 0.15) is 12.5 Å². The second-order valence-corrected chi connectivity index (χ2v) is 3.66. The summed E-state index contributed by atoms with van der Waals surface area (Å²) < 4.78 is 18.2. The third kappa shape index (κ3) is 1.54. The van der Waals surface area contributed by atoms with Crippen LogP contribution in [0.3, 0.4) is 0 Å². The van der Waals surface area contributed by atoms with Gasteiger partial charge in [0.05, 0.1) is 13.2 Å². The minimum Gasteiger partial charge on any atom is -0.497 e. The van der Waals surface area contributed by atoms with Gasteiger partial charge >= 0.3 is 0 Å². The number of hydrogen-bond donors (Lipinski definition) is 1. The minimum atomic E-state index is -0.826. The number of benzene rings is 1. The molecule has 0 amide bonds. The Hall–Kier alpha value is -1.25. The molecule has 2 unspecified atom stereocenters. The molecule has 0 spiro atoms. The fourth-order valence-corrected chi connectivity index (χ4v) is 1.77. The molecule has 14 heavy (non-hydrogen) atoms. The van der Waals surface area contributed by atoms with E-state index in [2.05, 4.69) is 5.32 Å². The molecule has 1 aromatic rings. The molecule has 0 radical (unpaired) electrons. The first-order valence-electron chi connectivity index (χ1n) is 4.78. The van der Waals surface area contributed by atoms with Gasteiger partial charge in [0.1, 0.15) is 11.9 Å². The average molecular weight is 195 g/mol. The Labute approximate surface area is 83.1 Å². The van der Waals surface area contributed by atoms with E-state index in [9.17, 15) is 4.39 Å². The largest absolute Gasteiger partial charge is 0.497 e. The summed E-state index contributed by atoms with van der Waals surface area (Å²) >= 11 is 0. The number of ether oxygens (including phenoxy) is 1. The van der Waals surface area contributed by atoms with Crippen LogP contribution in [0.4, 0.5) is 10.1 Å². The van der Waals surface area contributed by atoms with Gasteiger partial charge in [-0.2, -0.15) is 0 Å². The van der Waals surface area contributed by atoms with E-state index in [1.165, 1.54) is 0 Å². The highest BCUT2D eigenvalue weighted by Crippen LogP contribution is 2.30. The van der Waals surface area contributed by atoms with Crippen LogP contribution >= 0.6 is 0 Å². The monoisotopic (exact) mass is 195 g/mol. The van der Waals surface area contributed by atoms with Crippen LogP contribution < -0.4 is 10.1 Å². The molecule has 2 atom stereocenters. The lowest BCUT2D eigenvalue weighted by atomic mass is 10.1. The summed E-state index contributed by atoms with van der Waals surface area (Å²) in [6.07, 6.45) is -0.0853. The number of fused-ring (bicyclic) bond motifs is 1. The van der Waals surface area contributed by atoms with E-state index in [1.807, 2.05) is 18.2 Å². The molecule has 0 fully saturated rings. The van der Waals surface area contributed by atoms with Gasteiger partial charge in [-0.3, -0.25) is 0 Å². The van der Waals surface area contributed by atoms with E-state index in [-0.39, 0.29) is 6.04 Å². The molecule has 1 N–H and O–H groups in total. The first-order chi connectivity index (χ1) is 6.70. The molecule has 2 nitrogen and oxygen atoms in total.